The Morgan fingerprint density at radius 2 is 2.17 bits per heavy atom. The molecule has 0 aliphatic carbocycles. The average Bonchev–Trinajstić information content (AvgIpc) is 3.31. The van der Waals surface area contributed by atoms with E-state index >= 15 is 0 Å². The summed E-state index contributed by atoms with van der Waals surface area (Å²) in [6.07, 6.45) is 4.30. The lowest BCUT2D eigenvalue weighted by Gasteiger charge is -2.36. The number of nitrogens with zero attached hydrogens (tertiary/aromatic N) is 5. The van der Waals surface area contributed by atoms with E-state index in [-0.39, 0.29) is 12.0 Å². The lowest BCUT2D eigenvalue weighted by molar-refractivity contribution is -0.141. The number of anilines is 1. The predicted molar refractivity (Wildman–Crippen MR) is 90.1 cm³/mol. The number of rotatable bonds is 3. The van der Waals surface area contributed by atoms with Gasteiger partial charge in [0.15, 0.2) is 5.65 Å². The van der Waals surface area contributed by atoms with E-state index in [1.807, 2.05) is 15.5 Å². The van der Waals surface area contributed by atoms with E-state index < -0.39 is 0 Å². The fourth-order valence-corrected chi connectivity index (χ4v) is 3.49. The molecule has 2 fully saturated rings. The fourth-order valence-electron chi connectivity index (χ4n) is 3.49. The van der Waals surface area contributed by atoms with Gasteiger partial charge in [-0.25, -0.2) is 4.98 Å². The van der Waals surface area contributed by atoms with E-state index in [1.165, 1.54) is 0 Å². The molecule has 0 saturated carbocycles. The van der Waals surface area contributed by atoms with Crippen LogP contribution in [0.15, 0.2) is 18.3 Å². The van der Waals surface area contributed by atoms with Crippen LogP contribution in [0.5, 0.6) is 0 Å². The minimum atomic E-state index is -0.220. The van der Waals surface area contributed by atoms with Gasteiger partial charge in [0.25, 0.3) is 5.91 Å². The molecule has 2 aliphatic heterocycles. The zero-order chi connectivity index (χ0) is 16.5. The van der Waals surface area contributed by atoms with Gasteiger partial charge in [0.05, 0.1) is 6.20 Å². The third-order valence-corrected chi connectivity index (χ3v) is 4.88. The Morgan fingerprint density at radius 1 is 1.33 bits per heavy atom. The topological polar surface area (TPSA) is 63.0 Å². The van der Waals surface area contributed by atoms with Crippen LogP contribution in [-0.4, -0.2) is 64.3 Å². The van der Waals surface area contributed by atoms with Crippen molar-refractivity contribution in [2.75, 3.05) is 37.7 Å². The molecule has 4 heterocycles. The third-order valence-electron chi connectivity index (χ3n) is 4.88. The van der Waals surface area contributed by atoms with Crippen molar-refractivity contribution in [2.45, 2.75) is 32.3 Å². The number of amides is 1. The molecule has 1 atom stereocenters. The minimum Gasteiger partial charge on any atom is -0.368 e. The van der Waals surface area contributed by atoms with Crippen LogP contribution in [0.2, 0.25) is 0 Å². The average molecular weight is 329 g/mol. The van der Waals surface area contributed by atoms with Crippen LogP contribution in [0.4, 0.5) is 5.82 Å². The highest BCUT2D eigenvalue weighted by Crippen LogP contribution is 2.21. The highest BCUT2D eigenvalue weighted by Gasteiger charge is 2.30. The largest absolute Gasteiger partial charge is 0.368 e. The Hall–Kier alpha value is -2.15. The first-order valence-electron chi connectivity index (χ1n) is 8.75. The monoisotopic (exact) mass is 329 g/mol. The molecule has 2 saturated heterocycles. The molecule has 7 nitrogen and oxygen atoms in total. The first-order valence-corrected chi connectivity index (χ1v) is 8.75. The summed E-state index contributed by atoms with van der Waals surface area (Å²) in [6, 6.07) is 4.04. The summed E-state index contributed by atoms with van der Waals surface area (Å²) in [4.78, 5) is 21.3. The van der Waals surface area contributed by atoms with Gasteiger partial charge < -0.3 is 14.5 Å². The van der Waals surface area contributed by atoms with Gasteiger partial charge in [0.1, 0.15) is 11.9 Å². The van der Waals surface area contributed by atoms with Gasteiger partial charge in [0, 0.05) is 50.6 Å². The van der Waals surface area contributed by atoms with Crippen LogP contribution in [0.3, 0.4) is 0 Å². The lowest BCUT2D eigenvalue weighted by atomic mass is 10.2. The molecule has 2 aromatic rings. The van der Waals surface area contributed by atoms with E-state index in [4.69, 9.17) is 4.74 Å². The van der Waals surface area contributed by atoms with Gasteiger partial charge in [-0.15, -0.1) is 0 Å². The predicted octanol–water partition coefficient (Wildman–Crippen LogP) is 1.12. The molecule has 1 amide bonds. The number of aromatic nitrogens is 3. The molecule has 0 aromatic carbocycles. The molecular formula is C17H23N5O2. The SMILES string of the molecule is CCc1cc(N2CCN(C(=O)[C@H]3CCCO3)CC2)n2nccc2n1. The Morgan fingerprint density at radius 3 is 2.88 bits per heavy atom. The first-order chi connectivity index (χ1) is 11.8. The van der Waals surface area contributed by atoms with Gasteiger partial charge in [-0.1, -0.05) is 6.92 Å². The molecule has 0 unspecified atom stereocenters. The number of hydrogen-bond donors (Lipinski definition) is 0. The Bertz CT molecular complexity index is 730. The van der Waals surface area contributed by atoms with Gasteiger partial charge in [0.2, 0.25) is 0 Å². The van der Waals surface area contributed by atoms with Crippen LogP contribution in [0.25, 0.3) is 5.65 Å². The van der Waals surface area contributed by atoms with E-state index in [2.05, 4.69) is 28.0 Å². The maximum Gasteiger partial charge on any atom is 0.251 e. The van der Waals surface area contributed by atoms with E-state index in [0.717, 1.165) is 62.6 Å². The van der Waals surface area contributed by atoms with Crippen molar-refractivity contribution in [2.24, 2.45) is 0 Å². The molecule has 24 heavy (non-hydrogen) atoms. The summed E-state index contributed by atoms with van der Waals surface area (Å²) in [5.41, 5.74) is 1.94. The molecule has 7 heteroatoms. The number of aryl methyl sites for hydroxylation is 1. The molecule has 0 radical (unpaired) electrons. The van der Waals surface area contributed by atoms with E-state index in [9.17, 15) is 4.79 Å². The van der Waals surface area contributed by atoms with Crippen LogP contribution in [-0.2, 0) is 16.0 Å². The van der Waals surface area contributed by atoms with Crippen molar-refractivity contribution in [3.63, 3.8) is 0 Å². The quantitative estimate of drug-likeness (QED) is 0.844. The lowest BCUT2D eigenvalue weighted by Crippen LogP contribution is -2.51. The molecule has 0 N–H and O–H groups in total. The molecule has 128 valence electrons. The zero-order valence-corrected chi connectivity index (χ0v) is 14.0. The summed E-state index contributed by atoms with van der Waals surface area (Å²) < 4.78 is 7.42. The molecule has 0 bridgehead atoms. The molecule has 2 aromatic heterocycles. The van der Waals surface area contributed by atoms with E-state index in [0.29, 0.717) is 6.61 Å². The maximum absolute atomic E-state index is 12.5. The second-order valence-electron chi connectivity index (χ2n) is 6.37. The Kier molecular flexibility index (Phi) is 4.10. The smallest absolute Gasteiger partial charge is 0.251 e. The molecule has 2 aliphatic rings. The third kappa shape index (κ3) is 2.73. The van der Waals surface area contributed by atoms with Crippen LogP contribution in [0.1, 0.15) is 25.5 Å². The highest BCUT2D eigenvalue weighted by molar-refractivity contribution is 5.81. The van der Waals surface area contributed by atoms with Gasteiger partial charge in [-0.2, -0.15) is 9.61 Å². The standard InChI is InChI=1S/C17H23N5O2/c1-2-13-12-16(22-15(19-13)5-6-18-22)20-7-9-21(10-8-20)17(23)14-4-3-11-24-14/h5-6,12,14H,2-4,7-11H2,1H3/t14-/m1/s1. The Balaban J connectivity index is 1.49. The molecule has 4 rings (SSSR count). The fraction of sp³-hybridized carbons (Fsp3) is 0.588. The molecule has 0 spiro atoms. The normalized spacial score (nSPS) is 21.6. The van der Waals surface area contributed by atoms with Crippen molar-refractivity contribution < 1.29 is 9.53 Å². The number of carbonyl (C=O) groups is 1. The summed E-state index contributed by atoms with van der Waals surface area (Å²) in [6.45, 7) is 5.89. The second-order valence-corrected chi connectivity index (χ2v) is 6.37. The minimum absolute atomic E-state index is 0.153. The number of carbonyl (C=O) groups excluding carboxylic acids is 1. The van der Waals surface area contributed by atoms with Gasteiger partial charge in [-0.05, 0) is 19.3 Å². The summed E-state index contributed by atoms with van der Waals surface area (Å²) in [5, 5.41) is 4.40. The summed E-state index contributed by atoms with van der Waals surface area (Å²) in [7, 11) is 0. The van der Waals surface area contributed by atoms with Crippen molar-refractivity contribution in [3.8, 4) is 0 Å². The molecular weight excluding hydrogens is 306 g/mol. The van der Waals surface area contributed by atoms with Crippen LogP contribution in [0, 0.1) is 0 Å². The summed E-state index contributed by atoms with van der Waals surface area (Å²) >= 11 is 0. The van der Waals surface area contributed by atoms with Crippen molar-refractivity contribution >= 4 is 17.4 Å². The van der Waals surface area contributed by atoms with Crippen molar-refractivity contribution in [1.82, 2.24) is 19.5 Å². The number of hydrogen-bond acceptors (Lipinski definition) is 5. The second kappa shape index (κ2) is 6.39. The number of piperazine rings is 1. The van der Waals surface area contributed by atoms with Crippen molar-refractivity contribution in [1.29, 1.82) is 0 Å². The van der Waals surface area contributed by atoms with E-state index in [1.54, 1.807) is 6.20 Å². The highest BCUT2D eigenvalue weighted by atomic mass is 16.5. The summed E-state index contributed by atoms with van der Waals surface area (Å²) in [5.74, 6) is 1.21. The van der Waals surface area contributed by atoms with Gasteiger partial charge in [-0.3, -0.25) is 4.79 Å². The van der Waals surface area contributed by atoms with Crippen molar-refractivity contribution in [3.05, 3.63) is 24.0 Å². The Labute approximate surface area is 141 Å². The van der Waals surface area contributed by atoms with Crippen LogP contribution < -0.4 is 4.90 Å². The zero-order valence-electron chi connectivity index (χ0n) is 14.0. The maximum atomic E-state index is 12.5. The van der Waals surface area contributed by atoms with Gasteiger partial charge >= 0.3 is 0 Å². The number of fused-ring (bicyclic) bond motifs is 1. The number of ether oxygens (including phenoxy) is 1. The first kappa shape index (κ1) is 15.4. The van der Waals surface area contributed by atoms with Crippen LogP contribution >= 0.6 is 0 Å².